The van der Waals surface area contributed by atoms with Gasteiger partial charge in [-0.1, -0.05) is 12.8 Å². The van der Waals surface area contributed by atoms with Crippen LogP contribution >= 0.6 is 0 Å². The molecule has 2 aliphatic rings. The number of likely N-dealkylation sites (tertiary alicyclic amines) is 1. The van der Waals surface area contributed by atoms with Crippen molar-refractivity contribution in [2.45, 2.75) is 44.6 Å². The summed E-state index contributed by atoms with van der Waals surface area (Å²) in [6.45, 7) is 0.875. The number of amides is 1. The molecular formula is C18H23N3O2. The van der Waals surface area contributed by atoms with Crippen LogP contribution < -0.4 is 0 Å². The molecule has 122 valence electrons. The van der Waals surface area contributed by atoms with Crippen LogP contribution in [0.15, 0.2) is 29.2 Å². The first-order valence-corrected chi connectivity index (χ1v) is 8.61. The van der Waals surface area contributed by atoms with Crippen molar-refractivity contribution >= 4 is 5.91 Å². The lowest BCUT2D eigenvalue weighted by Crippen LogP contribution is -2.49. The maximum absolute atomic E-state index is 13.2. The fourth-order valence-corrected chi connectivity index (χ4v) is 4.37. The number of hydrogen-bond acceptors (Lipinski definition) is 3. The first-order valence-electron chi connectivity index (χ1n) is 8.61. The molecule has 5 nitrogen and oxygen atoms in total. The van der Waals surface area contributed by atoms with Gasteiger partial charge in [-0.25, -0.2) is 0 Å². The lowest BCUT2D eigenvalue weighted by Gasteiger charge is -2.44. The lowest BCUT2D eigenvalue weighted by molar-refractivity contribution is 0.0391. The molecule has 2 atom stereocenters. The summed E-state index contributed by atoms with van der Waals surface area (Å²) < 4.78 is 6.96. The van der Waals surface area contributed by atoms with Gasteiger partial charge in [0.1, 0.15) is 0 Å². The summed E-state index contributed by atoms with van der Waals surface area (Å²) in [6.07, 6.45) is 12.4. The third kappa shape index (κ3) is 2.48. The predicted molar refractivity (Wildman–Crippen MR) is 86.9 cm³/mol. The standard InChI is InChI=1S/C18H23N3O2/c1-20-17(14-8-10-23-12-14)15(11-19-20)18(22)21-9-4-6-13-5-2-3-7-16(13)21/h8,10-13,16H,2-7,9H2,1H3. The number of carbonyl (C=O) groups excluding carboxylic acids is 1. The van der Waals surface area contributed by atoms with Crippen molar-refractivity contribution in [2.24, 2.45) is 13.0 Å². The van der Waals surface area contributed by atoms with E-state index in [0.29, 0.717) is 17.5 Å². The average Bonchev–Trinajstić information content (AvgIpc) is 3.23. The van der Waals surface area contributed by atoms with E-state index in [1.54, 1.807) is 23.4 Å². The van der Waals surface area contributed by atoms with E-state index in [1.165, 1.54) is 25.7 Å². The minimum Gasteiger partial charge on any atom is -0.472 e. The molecule has 2 aromatic rings. The Kier molecular flexibility index (Phi) is 3.71. The molecule has 0 bridgehead atoms. The molecule has 0 aromatic carbocycles. The monoisotopic (exact) mass is 313 g/mol. The second-order valence-corrected chi connectivity index (χ2v) is 6.80. The third-order valence-electron chi connectivity index (χ3n) is 5.47. The molecule has 1 aliphatic heterocycles. The minimum absolute atomic E-state index is 0.130. The van der Waals surface area contributed by atoms with Crippen LogP contribution in [0.2, 0.25) is 0 Å². The maximum atomic E-state index is 13.2. The third-order valence-corrected chi connectivity index (χ3v) is 5.47. The van der Waals surface area contributed by atoms with Crippen molar-refractivity contribution in [2.75, 3.05) is 6.54 Å². The summed E-state index contributed by atoms with van der Waals surface area (Å²) in [5, 5.41) is 4.32. The highest BCUT2D eigenvalue weighted by Gasteiger charge is 2.37. The molecule has 2 aromatic heterocycles. The zero-order valence-corrected chi connectivity index (χ0v) is 13.6. The van der Waals surface area contributed by atoms with Crippen LogP contribution in [0.4, 0.5) is 0 Å². The quantitative estimate of drug-likeness (QED) is 0.853. The van der Waals surface area contributed by atoms with Crippen LogP contribution in [0.25, 0.3) is 11.3 Å². The molecule has 1 aliphatic carbocycles. The zero-order chi connectivity index (χ0) is 15.8. The Hall–Kier alpha value is -2.04. The van der Waals surface area contributed by atoms with E-state index < -0.39 is 0 Å². The summed E-state index contributed by atoms with van der Waals surface area (Å²) in [5.74, 6) is 0.821. The van der Waals surface area contributed by atoms with Gasteiger partial charge in [-0.15, -0.1) is 0 Å². The van der Waals surface area contributed by atoms with Crippen LogP contribution in [0.5, 0.6) is 0 Å². The lowest BCUT2D eigenvalue weighted by atomic mass is 9.78. The summed E-state index contributed by atoms with van der Waals surface area (Å²) in [4.78, 5) is 15.3. The van der Waals surface area contributed by atoms with Crippen LogP contribution in [0, 0.1) is 5.92 Å². The van der Waals surface area contributed by atoms with Crippen LogP contribution in [0.1, 0.15) is 48.9 Å². The topological polar surface area (TPSA) is 51.3 Å². The van der Waals surface area contributed by atoms with Crippen molar-refractivity contribution in [3.05, 3.63) is 30.4 Å². The van der Waals surface area contributed by atoms with Crippen molar-refractivity contribution in [1.82, 2.24) is 14.7 Å². The number of aryl methyl sites for hydroxylation is 1. The SMILES string of the molecule is Cn1ncc(C(=O)N2CCCC3CCCCC32)c1-c1ccoc1. The van der Waals surface area contributed by atoms with Gasteiger partial charge in [0.15, 0.2) is 0 Å². The van der Waals surface area contributed by atoms with Gasteiger partial charge in [-0.3, -0.25) is 9.48 Å². The highest BCUT2D eigenvalue weighted by molar-refractivity contribution is 6.00. The number of piperidine rings is 1. The Morgan fingerprint density at radius 1 is 1.26 bits per heavy atom. The predicted octanol–water partition coefficient (Wildman–Crippen LogP) is 3.47. The molecule has 3 heterocycles. The van der Waals surface area contributed by atoms with E-state index in [1.807, 2.05) is 13.1 Å². The molecular weight excluding hydrogens is 290 g/mol. The van der Waals surface area contributed by atoms with E-state index >= 15 is 0 Å². The smallest absolute Gasteiger partial charge is 0.257 e. The number of nitrogens with zero attached hydrogens (tertiary/aromatic N) is 3. The number of aromatic nitrogens is 2. The van der Waals surface area contributed by atoms with Crippen LogP contribution in [-0.2, 0) is 7.05 Å². The molecule has 1 saturated carbocycles. The number of carbonyl (C=O) groups is 1. The van der Waals surface area contributed by atoms with Crippen molar-refractivity contribution in [3.63, 3.8) is 0 Å². The van der Waals surface area contributed by atoms with Gasteiger partial charge in [-0.2, -0.15) is 5.10 Å². The van der Waals surface area contributed by atoms with E-state index in [-0.39, 0.29) is 5.91 Å². The number of furan rings is 1. The van der Waals surface area contributed by atoms with E-state index in [0.717, 1.165) is 30.6 Å². The van der Waals surface area contributed by atoms with Gasteiger partial charge in [-0.05, 0) is 37.7 Å². The first-order chi connectivity index (χ1) is 11.3. The Bertz CT molecular complexity index is 687. The molecule has 1 amide bonds. The van der Waals surface area contributed by atoms with Gasteiger partial charge in [0.05, 0.1) is 30.0 Å². The molecule has 5 heteroatoms. The van der Waals surface area contributed by atoms with Gasteiger partial charge < -0.3 is 9.32 Å². The molecule has 0 radical (unpaired) electrons. The molecule has 4 rings (SSSR count). The normalized spacial score (nSPS) is 24.5. The Morgan fingerprint density at radius 3 is 2.91 bits per heavy atom. The molecule has 2 unspecified atom stereocenters. The summed E-state index contributed by atoms with van der Waals surface area (Å²) in [7, 11) is 1.87. The average molecular weight is 313 g/mol. The highest BCUT2D eigenvalue weighted by Crippen LogP contribution is 2.36. The highest BCUT2D eigenvalue weighted by atomic mass is 16.3. The maximum Gasteiger partial charge on any atom is 0.257 e. The van der Waals surface area contributed by atoms with Gasteiger partial charge in [0.2, 0.25) is 0 Å². The van der Waals surface area contributed by atoms with E-state index in [2.05, 4.69) is 10.00 Å². The molecule has 0 spiro atoms. The minimum atomic E-state index is 0.130. The van der Waals surface area contributed by atoms with Crippen molar-refractivity contribution < 1.29 is 9.21 Å². The number of fused-ring (bicyclic) bond motifs is 1. The van der Waals surface area contributed by atoms with Gasteiger partial charge in [0.25, 0.3) is 5.91 Å². The second kappa shape index (κ2) is 5.87. The van der Waals surface area contributed by atoms with Gasteiger partial charge in [0, 0.05) is 25.2 Å². The Morgan fingerprint density at radius 2 is 2.09 bits per heavy atom. The number of rotatable bonds is 2. The first kappa shape index (κ1) is 14.5. The van der Waals surface area contributed by atoms with E-state index in [9.17, 15) is 4.79 Å². The fraction of sp³-hybridized carbons (Fsp3) is 0.556. The van der Waals surface area contributed by atoms with Crippen molar-refractivity contribution in [1.29, 1.82) is 0 Å². The molecule has 2 fully saturated rings. The summed E-state index contributed by atoms with van der Waals surface area (Å²) in [5.41, 5.74) is 2.45. The van der Waals surface area contributed by atoms with Crippen molar-refractivity contribution in [3.8, 4) is 11.3 Å². The molecule has 1 saturated heterocycles. The molecule has 23 heavy (non-hydrogen) atoms. The largest absolute Gasteiger partial charge is 0.472 e. The molecule has 0 N–H and O–H groups in total. The number of hydrogen-bond donors (Lipinski definition) is 0. The Labute approximate surface area is 136 Å². The second-order valence-electron chi connectivity index (χ2n) is 6.80. The summed E-state index contributed by atoms with van der Waals surface area (Å²) in [6, 6.07) is 2.30. The Balaban J connectivity index is 1.67. The fourth-order valence-electron chi connectivity index (χ4n) is 4.37. The zero-order valence-electron chi connectivity index (χ0n) is 13.6. The van der Waals surface area contributed by atoms with Crippen LogP contribution in [-0.4, -0.2) is 33.2 Å². The van der Waals surface area contributed by atoms with Crippen LogP contribution in [0.3, 0.4) is 0 Å². The van der Waals surface area contributed by atoms with E-state index in [4.69, 9.17) is 4.42 Å². The van der Waals surface area contributed by atoms with Gasteiger partial charge >= 0.3 is 0 Å². The summed E-state index contributed by atoms with van der Waals surface area (Å²) >= 11 is 0.